The molecule has 5 nitrogen and oxygen atoms in total. The number of aromatic hydroxyl groups is 1. The van der Waals surface area contributed by atoms with Crippen molar-refractivity contribution >= 4 is 34.2 Å². The van der Waals surface area contributed by atoms with E-state index in [1.165, 1.54) is 6.20 Å². The van der Waals surface area contributed by atoms with Gasteiger partial charge in [0.2, 0.25) is 0 Å². The summed E-state index contributed by atoms with van der Waals surface area (Å²) < 4.78 is 5.49. The van der Waals surface area contributed by atoms with E-state index in [1.54, 1.807) is 23.1 Å². The smallest absolute Gasteiger partial charge is 0.414 e. The number of phenols is 1. The molecule has 0 aliphatic carbocycles. The van der Waals surface area contributed by atoms with Crippen LogP contribution in [0.1, 0.15) is 32.8 Å². The van der Waals surface area contributed by atoms with Gasteiger partial charge in [0.05, 0.1) is 5.70 Å². The maximum absolute atomic E-state index is 12.5. The van der Waals surface area contributed by atoms with Gasteiger partial charge in [-0.25, -0.2) is 9.78 Å². The minimum Gasteiger partial charge on any atom is -0.507 e. The highest BCUT2D eigenvalue weighted by Gasteiger charge is 2.29. The zero-order valence-corrected chi connectivity index (χ0v) is 14.6. The van der Waals surface area contributed by atoms with Crippen LogP contribution in [0.5, 0.6) is 5.75 Å². The van der Waals surface area contributed by atoms with Gasteiger partial charge in [0.15, 0.2) is 0 Å². The Morgan fingerprint density at radius 2 is 2.08 bits per heavy atom. The number of aromatic nitrogens is 1. The number of benzene rings is 1. The first-order valence-electron chi connectivity index (χ1n) is 7.74. The molecule has 0 unspecified atom stereocenters. The van der Waals surface area contributed by atoms with Crippen LogP contribution in [-0.4, -0.2) is 33.2 Å². The quantitative estimate of drug-likeness (QED) is 0.768. The number of phenolic OH excluding ortho intramolecular Hbond substituents is 1. The van der Waals surface area contributed by atoms with Gasteiger partial charge in [-0.2, -0.15) is 0 Å². The van der Waals surface area contributed by atoms with E-state index in [2.05, 4.69) is 4.98 Å². The summed E-state index contributed by atoms with van der Waals surface area (Å²) in [5.41, 5.74) is 1.02. The van der Waals surface area contributed by atoms with Crippen molar-refractivity contribution in [3.8, 4) is 5.75 Å². The van der Waals surface area contributed by atoms with Crippen LogP contribution >= 0.6 is 11.6 Å². The van der Waals surface area contributed by atoms with Gasteiger partial charge < -0.3 is 9.84 Å². The fourth-order valence-electron chi connectivity index (χ4n) is 2.75. The summed E-state index contributed by atoms with van der Waals surface area (Å²) in [7, 11) is 0. The summed E-state index contributed by atoms with van der Waals surface area (Å²) in [4.78, 5) is 18.1. The van der Waals surface area contributed by atoms with E-state index in [0.29, 0.717) is 17.1 Å². The number of nitrogens with zero attached hydrogens (tertiary/aromatic N) is 2. The van der Waals surface area contributed by atoms with Crippen LogP contribution in [0.4, 0.5) is 4.79 Å². The third-order valence-corrected chi connectivity index (χ3v) is 3.92. The number of fused-ring (bicyclic) bond motifs is 1. The average Bonchev–Trinajstić information content (AvgIpc) is 2.95. The lowest BCUT2D eigenvalue weighted by Crippen LogP contribution is -2.34. The van der Waals surface area contributed by atoms with Crippen LogP contribution in [-0.2, 0) is 4.74 Å². The Hall–Kier alpha value is -2.27. The summed E-state index contributed by atoms with van der Waals surface area (Å²) in [6, 6.07) is 5.07. The molecule has 1 aromatic carbocycles. The lowest BCUT2D eigenvalue weighted by Gasteiger charge is -2.26. The van der Waals surface area contributed by atoms with Crippen LogP contribution < -0.4 is 0 Å². The van der Waals surface area contributed by atoms with Gasteiger partial charge in [0, 0.05) is 23.7 Å². The molecule has 0 atom stereocenters. The highest BCUT2D eigenvalue weighted by Crippen LogP contribution is 2.36. The molecule has 24 heavy (non-hydrogen) atoms. The molecule has 1 aliphatic heterocycles. The Kier molecular flexibility index (Phi) is 4.13. The van der Waals surface area contributed by atoms with Crippen LogP contribution in [0.15, 0.2) is 30.5 Å². The second kappa shape index (κ2) is 5.98. The lowest BCUT2D eigenvalue weighted by atomic mass is 10.0. The zero-order valence-electron chi connectivity index (χ0n) is 13.8. The molecule has 3 rings (SSSR count). The first-order valence-corrected chi connectivity index (χ1v) is 8.12. The van der Waals surface area contributed by atoms with E-state index in [4.69, 9.17) is 16.3 Å². The molecule has 0 fully saturated rings. The number of ether oxygens (including phenoxy) is 1. The van der Waals surface area contributed by atoms with E-state index in [0.717, 1.165) is 23.1 Å². The van der Waals surface area contributed by atoms with Gasteiger partial charge in [-0.05, 0) is 50.8 Å². The van der Waals surface area contributed by atoms with Crippen molar-refractivity contribution in [2.45, 2.75) is 32.8 Å². The van der Waals surface area contributed by atoms with Crippen molar-refractivity contribution in [3.63, 3.8) is 0 Å². The molecule has 2 heterocycles. The third-order valence-electron chi connectivity index (χ3n) is 3.72. The number of pyridine rings is 1. The largest absolute Gasteiger partial charge is 0.507 e. The van der Waals surface area contributed by atoms with Gasteiger partial charge in [0.25, 0.3) is 0 Å². The molecular weight excluding hydrogens is 328 g/mol. The summed E-state index contributed by atoms with van der Waals surface area (Å²) in [6.07, 6.45) is 3.89. The van der Waals surface area contributed by atoms with Gasteiger partial charge in [-0.15, -0.1) is 0 Å². The van der Waals surface area contributed by atoms with Gasteiger partial charge in [0.1, 0.15) is 16.5 Å². The number of amides is 1. The maximum atomic E-state index is 12.5. The topological polar surface area (TPSA) is 62.7 Å². The van der Waals surface area contributed by atoms with E-state index in [1.807, 2.05) is 26.8 Å². The lowest BCUT2D eigenvalue weighted by molar-refractivity contribution is 0.0365. The predicted molar refractivity (Wildman–Crippen MR) is 94.0 cm³/mol. The molecule has 1 aliphatic rings. The number of hydrogen-bond acceptors (Lipinski definition) is 4. The first-order chi connectivity index (χ1) is 11.3. The Morgan fingerprint density at radius 3 is 2.79 bits per heavy atom. The summed E-state index contributed by atoms with van der Waals surface area (Å²) >= 11 is 6.02. The van der Waals surface area contributed by atoms with E-state index in [9.17, 15) is 9.90 Å². The minimum atomic E-state index is -0.560. The van der Waals surface area contributed by atoms with Crippen molar-refractivity contribution in [3.05, 3.63) is 41.2 Å². The van der Waals surface area contributed by atoms with Crippen molar-refractivity contribution in [1.29, 1.82) is 0 Å². The highest BCUT2D eigenvalue weighted by atomic mass is 35.5. The molecule has 1 aromatic heterocycles. The van der Waals surface area contributed by atoms with E-state index in [-0.39, 0.29) is 11.8 Å². The highest BCUT2D eigenvalue weighted by molar-refractivity contribution is 6.30. The van der Waals surface area contributed by atoms with E-state index >= 15 is 0 Å². The molecule has 2 aromatic rings. The Labute approximate surface area is 145 Å². The number of hydrogen-bond donors (Lipinski definition) is 1. The second-order valence-electron chi connectivity index (χ2n) is 6.69. The summed E-state index contributed by atoms with van der Waals surface area (Å²) in [6.45, 7) is 6.08. The second-order valence-corrected chi connectivity index (χ2v) is 7.08. The molecule has 126 valence electrons. The van der Waals surface area contributed by atoms with Crippen LogP contribution in [0.2, 0.25) is 5.15 Å². The van der Waals surface area contributed by atoms with Crippen LogP contribution in [0.3, 0.4) is 0 Å². The van der Waals surface area contributed by atoms with Crippen molar-refractivity contribution in [2.24, 2.45) is 0 Å². The maximum Gasteiger partial charge on any atom is 0.414 e. The Bertz CT molecular complexity index is 840. The minimum absolute atomic E-state index is 0.125. The molecule has 0 bridgehead atoms. The number of carbonyl (C=O) groups is 1. The average molecular weight is 347 g/mol. The first kappa shape index (κ1) is 16.6. The SMILES string of the molecule is CC(C)(C)OC(=O)N1CCC=C1c1ccc(O)c2cnc(Cl)cc12. The Balaban J connectivity index is 2.05. The molecule has 0 radical (unpaired) electrons. The van der Waals surface area contributed by atoms with Crippen molar-refractivity contribution in [1.82, 2.24) is 9.88 Å². The monoisotopic (exact) mass is 346 g/mol. The van der Waals surface area contributed by atoms with Gasteiger partial charge in [-0.3, -0.25) is 4.90 Å². The van der Waals surface area contributed by atoms with Crippen LogP contribution in [0, 0.1) is 0 Å². The number of carbonyl (C=O) groups excluding carboxylic acids is 1. The molecule has 0 saturated heterocycles. The molecule has 6 heteroatoms. The van der Waals surface area contributed by atoms with Crippen molar-refractivity contribution in [2.75, 3.05) is 6.54 Å². The van der Waals surface area contributed by atoms with Crippen LogP contribution in [0.25, 0.3) is 16.5 Å². The summed E-state index contributed by atoms with van der Waals surface area (Å²) in [5.74, 6) is 0.125. The van der Waals surface area contributed by atoms with Crippen molar-refractivity contribution < 1.29 is 14.6 Å². The molecule has 0 saturated carbocycles. The molecular formula is C18H19ClN2O3. The summed E-state index contributed by atoms with van der Waals surface area (Å²) in [5, 5.41) is 11.7. The Morgan fingerprint density at radius 1 is 1.33 bits per heavy atom. The van der Waals surface area contributed by atoms with Gasteiger partial charge >= 0.3 is 6.09 Å². The fourth-order valence-corrected chi connectivity index (χ4v) is 2.90. The normalized spacial score (nSPS) is 14.8. The molecule has 0 spiro atoms. The third kappa shape index (κ3) is 3.17. The molecule has 1 N–H and O–H groups in total. The van der Waals surface area contributed by atoms with E-state index < -0.39 is 5.60 Å². The predicted octanol–water partition coefficient (Wildman–Crippen LogP) is 4.58. The molecule has 1 amide bonds. The van der Waals surface area contributed by atoms with Gasteiger partial charge in [-0.1, -0.05) is 17.7 Å². The standard InChI is InChI=1S/C18H19ClN2O3/c1-18(2,3)24-17(23)21-8-4-5-14(21)11-6-7-15(22)13-10-20-16(19)9-12(11)13/h5-7,9-10,22H,4,8H2,1-3H3. The zero-order chi connectivity index (χ0) is 17.5. The fraction of sp³-hybridized carbons (Fsp3) is 0.333. The number of rotatable bonds is 1. The number of halogens is 1.